The maximum Gasteiger partial charge on any atom is 0.184 e. The molecule has 0 atom stereocenters. The summed E-state index contributed by atoms with van der Waals surface area (Å²) in [7, 11) is 0. The van der Waals surface area contributed by atoms with Gasteiger partial charge in [0.2, 0.25) is 0 Å². The van der Waals surface area contributed by atoms with Crippen molar-refractivity contribution in [2.75, 3.05) is 5.32 Å². The molecule has 0 bridgehead atoms. The Morgan fingerprint density at radius 3 is 2.78 bits per heavy atom. The number of nitrogens with one attached hydrogen (secondary N) is 1. The van der Waals surface area contributed by atoms with Crippen LogP contribution in [-0.4, -0.2) is 4.98 Å². The van der Waals surface area contributed by atoms with Crippen molar-refractivity contribution >= 4 is 38.0 Å². The second-order valence-corrected chi connectivity index (χ2v) is 6.76. The Labute approximate surface area is 114 Å². The first-order valence-electron chi connectivity index (χ1n) is 5.87. The maximum atomic E-state index is 4.61. The zero-order chi connectivity index (χ0) is 12.5. The van der Waals surface area contributed by atoms with Crippen LogP contribution in [0.3, 0.4) is 0 Å². The summed E-state index contributed by atoms with van der Waals surface area (Å²) in [5, 5.41) is 4.40. The molecule has 3 aromatic rings. The highest BCUT2D eigenvalue weighted by atomic mass is 32.1. The minimum absolute atomic E-state index is 0.858. The van der Waals surface area contributed by atoms with E-state index in [2.05, 4.69) is 54.5 Å². The van der Waals surface area contributed by atoms with Gasteiger partial charge in [0.25, 0.3) is 0 Å². The fraction of sp³-hybridized carbons (Fsp3) is 0.214. The lowest BCUT2D eigenvalue weighted by atomic mass is 10.2. The zero-order valence-electron chi connectivity index (χ0n) is 10.4. The number of thiophene rings is 1. The molecule has 0 spiro atoms. The first kappa shape index (κ1) is 11.7. The molecule has 0 unspecified atom stereocenters. The van der Waals surface area contributed by atoms with Gasteiger partial charge in [0.05, 0.1) is 16.8 Å². The van der Waals surface area contributed by atoms with Crippen LogP contribution >= 0.6 is 22.7 Å². The Morgan fingerprint density at radius 2 is 2.00 bits per heavy atom. The zero-order valence-corrected chi connectivity index (χ0v) is 12.0. The Morgan fingerprint density at radius 1 is 1.11 bits per heavy atom. The largest absolute Gasteiger partial charge is 0.357 e. The van der Waals surface area contributed by atoms with Crippen molar-refractivity contribution in [3.05, 3.63) is 45.6 Å². The highest BCUT2D eigenvalue weighted by molar-refractivity contribution is 7.22. The van der Waals surface area contributed by atoms with Crippen LogP contribution in [0.2, 0.25) is 0 Å². The van der Waals surface area contributed by atoms with E-state index in [-0.39, 0.29) is 0 Å². The molecule has 1 N–H and O–H groups in total. The quantitative estimate of drug-likeness (QED) is 0.755. The van der Waals surface area contributed by atoms with Crippen LogP contribution in [0.1, 0.15) is 15.3 Å². The summed E-state index contributed by atoms with van der Waals surface area (Å²) in [5.41, 5.74) is 2.35. The molecule has 4 heteroatoms. The van der Waals surface area contributed by atoms with Crippen LogP contribution in [0, 0.1) is 13.8 Å². The SMILES string of the molecule is Cc1ccc2sc(NCc3ccc(C)s3)nc2c1. The molecule has 0 aliphatic heterocycles. The van der Waals surface area contributed by atoms with E-state index in [0.29, 0.717) is 0 Å². The molecule has 0 fully saturated rings. The lowest BCUT2D eigenvalue weighted by Gasteiger charge is -1.98. The van der Waals surface area contributed by atoms with E-state index < -0.39 is 0 Å². The van der Waals surface area contributed by atoms with Gasteiger partial charge >= 0.3 is 0 Å². The summed E-state index contributed by atoms with van der Waals surface area (Å²) < 4.78 is 1.24. The predicted molar refractivity (Wildman–Crippen MR) is 80.7 cm³/mol. The smallest absolute Gasteiger partial charge is 0.184 e. The number of benzene rings is 1. The van der Waals surface area contributed by atoms with Crippen LogP contribution in [0.15, 0.2) is 30.3 Å². The van der Waals surface area contributed by atoms with Crippen molar-refractivity contribution in [2.24, 2.45) is 0 Å². The average molecular weight is 274 g/mol. The van der Waals surface area contributed by atoms with Crippen LogP contribution in [0.4, 0.5) is 5.13 Å². The molecule has 2 heterocycles. The van der Waals surface area contributed by atoms with Gasteiger partial charge < -0.3 is 5.32 Å². The van der Waals surface area contributed by atoms with E-state index in [1.807, 2.05) is 11.3 Å². The third-order valence-corrected chi connectivity index (χ3v) is 4.75. The minimum atomic E-state index is 0.858. The van der Waals surface area contributed by atoms with Crippen molar-refractivity contribution in [3.8, 4) is 0 Å². The van der Waals surface area contributed by atoms with Crippen LogP contribution < -0.4 is 5.32 Å². The molecule has 92 valence electrons. The van der Waals surface area contributed by atoms with Crippen LogP contribution in [-0.2, 0) is 6.54 Å². The van der Waals surface area contributed by atoms with E-state index >= 15 is 0 Å². The normalized spacial score (nSPS) is 11.0. The number of aryl methyl sites for hydroxylation is 2. The van der Waals surface area contributed by atoms with Crippen molar-refractivity contribution in [1.82, 2.24) is 4.98 Å². The summed E-state index contributed by atoms with van der Waals surface area (Å²) in [4.78, 5) is 7.31. The van der Waals surface area contributed by atoms with Gasteiger partial charge in [-0.2, -0.15) is 0 Å². The number of nitrogens with zero attached hydrogens (tertiary/aromatic N) is 1. The van der Waals surface area contributed by atoms with E-state index in [1.165, 1.54) is 20.0 Å². The molecular weight excluding hydrogens is 260 g/mol. The average Bonchev–Trinajstić information content (AvgIpc) is 2.92. The molecule has 0 aliphatic carbocycles. The predicted octanol–water partition coefficient (Wildman–Crippen LogP) is 4.59. The summed E-state index contributed by atoms with van der Waals surface area (Å²) in [5.74, 6) is 0. The highest BCUT2D eigenvalue weighted by Gasteiger charge is 2.04. The summed E-state index contributed by atoms with van der Waals surface area (Å²) in [6.07, 6.45) is 0. The van der Waals surface area contributed by atoms with Gasteiger partial charge in [-0.25, -0.2) is 4.98 Å². The summed E-state index contributed by atoms with van der Waals surface area (Å²) >= 11 is 3.55. The van der Waals surface area contributed by atoms with Crippen molar-refractivity contribution in [2.45, 2.75) is 20.4 Å². The van der Waals surface area contributed by atoms with Crippen molar-refractivity contribution in [3.63, 3.8) is 0 Å². The summed E-state index contributed by atoms with van der Waals surface area (Å²) in [6.45, 7) is 5.09. The van der Waals surface area contributed by atoms with Gasteiger partial charge in [0.1, 0.15) is 0 Å². The highest BCUT2D eigenvalue weighted by Crippen LogP contribution is 2.27. The third-order valence-electron chi connectivity index (χ3n) is 2.75. The number of thiazole rings is 1. The summed E-state index contributed by atoms with van der Waals surface area (Å²) in [6, 6.07) is 10.7. The second kappa shape index (κ2) is 4.71. The first-order chi connectivity index (χ1) is 8.70. The Bertz CT molecular complexity index is 682. The molecule has 0 aliphatic rings. The Kier molecular flexibility index (Phi) is 3.06. The van der Waals surface area contributed by atoms with Gasteiger partial charge in [-0.15, -0.1) is 11.3 Å². The standard InChI is InChI=1S/C14H14N2S2/c1-9-3-6-13-12(7-9)16-14(18-13)15-8-11-5-4-10(2)17-11/h3-7H,8H2,1-2H3,(H,15,16). The van der Waals surface area contributed by atoms with Gasteiger partial charge in [-0.3, -0.25) is 0 Å². The van der Waals surface area contributed by atoms with Crippen molar-refractivity contribution in [1.29, 1.82) is 0 Å². The van der Waals surface area contributed by atoms with Gasteiger partial charge in [-0.05, 0) is 43.7 Å². The number of aromatic nitrogens is 1. The monoisotopic (exact) mass is 274 g/mol. The molecular formula is C14H14N2S2. The molecule has 18 heavy (non-hydrogen) atoms. The molecule has 0 radical (unpaired) electrons. The number of rotatable bonds is 3. The lowest BCUT2D eigenvalue weighted by Crippen LogP contribution is -1.95. The molecule has 2 aromatic heterocycles. The first-order valence-corrected chi connectivity index (χ1v) is 7.50. The maximum absolute atomic E-state index is 4.61. The minimum Gasteiger partial charge on any atom is -0.357 e. The van der Waals surface area contributed by atoms with Gasteiger partial charge in [0.15, 0.2) is 5.13 Å². The molecule has 3 rings (SSSR count). The van der Waals surface area contributed by atoms with Gasteiger partial charge in [-0.1, -0.05) is 17.4 Å². The molecule has 2 nitrogen and oxygen atoms in total. The molecule has 0 saturated heterocycles. The van der Waals surface area contributed by atoms with E-state index in [0.717, 1.165) is 17.2 Å². The topological polar surface area (TPSA) is 24.9 Å². The van der Waals surface area contributed by atoms with Gasteiger partial charge in [0, 0.05) is 9.75 Å². The number of anilines is 1. The van der Waals surface area contributed by atoms with Crippen molar-refractivity contribution < 1.29 is 0 Å². The number of hydrogen-bond acceptors (Lipinski definition) is 4. The molecule has 0 saturated carbocycles. The van der Waals surface area contributed by atoms with Crippen LogP contribution in [0.5, 0.6) is 0 Å². The second-order valence-electron chi connectivity index (χ2n) is 4.36. The lowest BCUT2D eigenvalue weighted by molar-refractivity contribution is 1.18. The van der Waals surface area contributed by atoms with E-state index in [9.17, 15) is 0 Å². The number of fused-ring (bicyclic) bond motifs is 1. The van der Waals surface area contributed by atoms with Crippen LogP contribution in [0.25, 0.3) is 10.2 Å². The third kappa shape index (κ3) is 2.40. The molecule has 1 aromatic carbocycles. The van der Waals surface area contributed by atoms with E-state index in [4.69, 9.17) is 0 Å². The molecule has 0 amide bonds. The van der Waals surface area contributed by atoms with E-state index in [1.54, 1.807) is 11.3 Å². The fourth-order valence-corrected chi connectivity index (χ4v) is 3.53. The Hall–Kier alpha value is -1.39. The Balaban J connectivity index is 1.78. The fourth-order valence-electron chi connectivity index (χ4n) is 1.86. The number of hydrogen-bond donors (Lipinski definition) is 1.